The van der Waals surface area contributed by atoms with Gasteiger partial charge >= 0.3 is 6.18 Å². The third-order valence-corrected chi connectivity index (χ3v) is 2.94. The summed E-state index contributed by atoms with van der Waals surface area (Å²) in [6.45, 7) is 4.85. The lowest BCUT2D eigenvalue weighted by Gasteiger charge is -2.27. The van der Waals surface area contributed by atoms with Gasteiger partial charge in [0.25, 0.3) is 0 Å². The first-order valence-electron chi connectivity index (χ1n) is 5.19. The highest BCUT2D eigenvalue weighted by atomic mass is 79.9. The van der Waals surface area contributed by atoms with Crippen molar-refractivity contribution in [2.75, 3.05) is 0 Å². The number of hydrogen-bond acceptors (Lipinski definition) is 1. The minimum atomic E-state index is -4.79. The minimum absolute atomic E-state index is 0.0783. The Balaban J connectivity index is 3.44. The summed E-state index contributed by atoms with van der Waals surface area (Å²) in [5.74, 6) is -1.42. The molecule has 0 fully saturated rings. The standard InChI is InChI=1S/C12H13BrF4O/c1-11(2,3)10(18)7-4-6(13)5-8(9(7)14)12(15,16)17/h4-5,10,18H,1-3H3. The lowest BCUT2D eigenvalue weighted by Crippen LogP contribution is -2.21. The summed E-state index contributed by atoms with van der Waals surface area (Å²) in [5.41, 5.74) is -2.50. The van der Waals surface area contributed by atoms with E-state index in [0.717, 1.165) is 0 Å². The van der Waals surface area contributed by atoms with Crippen LogP contribution in [0.4, 0.5) is 17.6 Å². The molecule has 1 N–H and O–H groups in total. The molecule has 0 aliphatic carbocycles. The van der Waals surface area contributed by atoms with Gasteiger partial charge in [-0.05, 0) is 17.5 Å². The van der Waals surface area contributed by atoms with Crippen molar-refractivity contribution in [1.29, 1.82) is 0 Å². The van der Waals surface area contributed by atoms with Gasteiger partial charge in [-0.3, -0.25) is 0 Å². The van der Waals surface area contributed by atoms with Gasteiger partial charge in [0.2, 0.25) is 0 Å². The molecule has 0 bridgehead atoms. The van der Waals surface area contributed by atoms with Gasteiger partial charge in [0.15, 0.2) is 0 Å². The van der Waals surface area contributed by atoms with Crippen LogP contribution in [0.25, 0.3) is 0 Å². The van der Waals surface area contributed by atoms with Crippen LogP contribution in [-0.4, -0.2) is 5.11 Å². The van der Waals surface area contributed by atoms with Gasteiger partial charge in [0.1, 0.15) is 5.82 Å². The second-order valence-corrected chi connectivity index (χ2v) is 6.04. The smallest absolute Gasteiger partial charge is 0.388 e. The second-order valence-electron chi connectivity index (χ2n) is 5.12. The highest BCUT2D eigenvalue weighted by molar-refractivity contribution is 9.10. The summed E-state index contributed by atoms with van der Waals surface area (Å²) in [6, 6.07) is 1.83. The molecule has 1 nitrogen and oxygen atoms in total. The molecule has 18 heavy (non-hydrogen) atoms. The molecule has 1 aromatic rings. The van der Waals surface area contributed by atoms with Gasteiger partial charge in [-0.1, -0.05) is 36.7 Å². The van der Waals surface area contributed by atoms with Crippen LogP contribution < -0.4 is 0 Å². The van der Waals surface area contributed by atoms with E-state index in [4.69, 9.17) is 0 Å². The van der Waals surface area contributed by atoms with Crippen molar-refractivity contribution in [3.63, 3.8) is 0 Å². The SMILES string of the molecule is CC(C)(C)C(O)c1cc(Br)cc(C(F)(F)F)c1F. The molecule has 0 aliphatic heterocycles. The Kier molecular flexibility index (Phi) is 4.13. The van der Waals surface area contributed by atoms with E-state index >= 15 is 0 Å². The van der Waals surface area contributed by atoms with Gasteiger partial charge in [-0.15, -0.1) is 0 Å². The quantitative estimate of drug-likeness (QED) is 0.742. The topological polar surface area (TPSA) is 20.2 Å². The molecule has 0 saturated carbocycles. The maximum atomic E-state index is 13.8. The molecule has 0 spiro atoms. The van der Waals surface area contributed by atoms with E-state index in [2.05, 4.69) is 15.9 Å². The van der Waals surface area contributed by atoms with Crippen LogP contribution in [0.15, 0.2) is 16.6 Å². The summed E-state index contributed by atoms with van der Waals surface area (Å²) in [6.07, 6.45) is -6.11. The third-order valence-electron chi connectivity index (χ3n) is 2.49. The van der Waals surface area contributed by atoms with Crippen molar-refractivity contribution < 1.29 is 22.7 Å². The van der Waals surface area contributed by atoms with Crippen molar-refractivity contribution in [2.24, 2.45) is 5.41 Å². The predicted octanol–water partition coefficient (Wildman–Crippen LogP) is 4.69. The van der Waals surface area contributed by atoms with Crippen molar-refractivity contribution >= 4 is 15.9 Å². The van der Waals surface area contributed by atoms with E-state index in [1.165, 1.54) is 6.07 Å². The first-order valence-corrected chi connectivity index (χ1v) is 5.98. The van der Waals surface area contributed by atoms with Gasteiger partial charge in [0.05, 0.1) is 11.7 Å². The number of alkyl halides is 3. The molecule has 0 radical (unpaired) electrons. The zero-order valence-electron chi connectivity index (χ0n) is 10.1. The maximum Gasteiger partial charge on any atom is 0.419 e. The van der Waals surface area contributed by atoms with E-state index in [0.29, 0.717) is 6.07 Å². The van der Waals surface area contributed by atoms with Crippen molar-refractivity contribution in [1.82, 2.24) is 0 Å². The summed E-state index contributed by atoms with van der Waals surface area (Å²) in [4.78, 5) is 0. The Bertz CT molecular complexity index is 449. The Hall–Kier alpha value is -0.620. The fourth-order valence-electron chi connectivity index (χ4n) is 1.48. The van der Waals surface area contributed by atoms with Crippen LogP contribution in [0, 0.1) is 11.2 Å². The summed E-state index contributed by atoms with van der Waals surface area (Å²) >= 11 is 2.90. The third kappa shape index (κ3) is 3.23. The highest BCUT2D eigenvalue weighted by Gasteiger charge is 2.37. The molecule has 0 heterocycles. The molecule has 1 unspecified atom stereocenters. The van der Waals surface area contributed by atoms with Crippen LogP contribution >= 0.6 is 15.9 Å². The molecule has 1 aromatic carbocycles. The van der Waals surface area contributed by atoms with E-state index in [1.54, 1.807) is 20.8 Å². The molecule has 1 atom stereocenters. The molecule has 0 aliphatic rings. The minimum Gasteiger partial charge on any atom is -0.388 e. The molecule has 0 saturated heterocycles. The number of benzene rings is 1. The monoisotopic (exact) mass is 328 g/mol. The summed E-state index contributed by atoms with van der Waals surface area (Å²) < 4.78 is 51.8. The molecule has 6 heteroatoms. The van der Waals surface area contributed by atoms with Crippen LogP contribution in [0.3, 0.4) is 0 Å². The molecular weight excluding hydrogens is 316 g/mol. The van der Waals surface area contributed by atoms with E-state index in [1.807, 2.05) is 0 Å². The molecule has 102 valence electrons. The normalized spacial score (nSPS) is 14.7. The fraction of sp³-hybridized carbons (Fsp3) is 0.500. The predicted molar refractivity (Wildman–Crippen MR) is 63.5 cm³/mol. The lowest BCUT2D eigenvalue weighted by atomic mass is 9.84. The zero-order chi connectivity index (χ0) is 14.3. The Morgan fingerprint density at radius 2 is 1.67 bits per heavy atom. The van der Waals surface area contributed by atoms with Gasteiger partial charge < -0.3 is 5.11 Å². The largest absolute Gasteiger partial charge is 0.419 e. The second kappa shape index (κ2) is 4.81. The van der Waals surface area contributed by atoms with Crippen molar-refractivity contribution in [2.45, 2.75) is 33.1 Å². The summed E-state index contributed by atoms with van der Waals surface area (Å²) in [5, 5.41) is 9.92. The zero-order valence-corrected chi connectivity index (χ0v) is 11.7. The van der Waals surface area contributed by atoms with E-state index in [9.17, 15) is 22.7 Å². The Morgan fingerprint density at radius 3 is 2.06 bits per heavy atom. The Morgan fingerprint density at radius 1 is 1.17 bits per heavy atom. The van der Waals surface area contributed by atoms with E-state index in [-0.39, 0.29) is 10.0 Å². The fourth-order valence-corrected chi connectivity index (χ4v) is 1.96. The van der Waals surface area contributed by atoms with Crippen LogP contribution in [0.2, 0.25) is 0 Å². The average molecular weight is 329 g/mol. The highest BCUT2D eigenvalue weighted by Crippen LogP contribution is 2.40. The van der Waals surface area contributed by atoms with E-state index < -0.39 is 29.1 Å². The van der Waals surface area contributed by atoms with Crippen molar-refractivity contribution in [3.8, 4) is 0 Å². The maximum absolute atomic E-state index is 13.8. The lowest BCUT2D eigenvalue weighted by molar-refractivity contribution is -0.140. The van der Waals surface area contributed by atoms with Crippen LogP contribution in [0.1, 0.15) is 38.0 Å². The number of rotatable bonds is 1. The molecule has 1 rings (SSSR count). The molecular formula is C12H13BrF4O. The van der Waals surface area contributed by atoms with Gasteiger partial charge in [-0.25, -0.2) is 4.39 Å². The first-order chi connectivity index (χ1) is 7.94. The molecule has 0 aromatic heterocycles. The van der Waals surface area contributed by atoms with Crippen LogP contribution in [0.5, 0.6) is 0 Å². The summed E-state index contributed by atoms with van der Waals surface area (Å²) in [7, 11) is 0. The average Bonchev–Trinajstić information content (AvgIpc) is 2.17. The van der Waals surface area contributed by atoms with Gasteiger partial charge in [-0.2, -0.15) is 13.2 Å². The molecule has 0 amide bonds. The number of aliphatic hydroxyl groups is 1. The number of hydrogen-bond donors (Lipinski definition) is 1. The van der Waals surface area contributed by atoms with Gasteiger partial charge in [0, 0.05) is 10.0 Å². The number of halogens is 5. The van der Waals surface area contributed by atoms with Crippen molar-refractivity contribution in [3.05, 3.63) is 33.5 Å². The Labute approximate surface area is 111 Å². The number of aliphatic hydroxyl groups excluding tert-OH is 1. The van der Waals surface area contributed by atoms with Crippen LogP contribution in [-0.2, 0) is 6.18 Å². The first kappa shape index (κ1) is 15.4.